The molecule has 162 valence electrons. The highest BCUT2D eigenvalue weighted by molar-refractivity contribution is 6.22. The Morgan fingerprint density at radius 1 is 1.03 bits per heavy atom. The summed E-state index contributed by atoms with van der Waals surface area (Å²) in [5.74, 6) is -0.867. The van der Waals surface area contributed by atoms with E-state index in [2.05, 4.69) is 0 Å². The second-order valence-corrected chi connectivity index (χ2v) is 8.34. The average Bonchev–Trinajstić information content (AvgIpc) is 3.36. The second-order valence-electron chi connectivity index (χ2n) is 8.34. The van der Waals surface area contributed by atoms with Crippen LogP contribution in [0.5, 0.6) is 0 Å². The number of amides is 3. The van der Waals surface area contributed by atoms with Gasteiger partial charge in [-0.25, -0.2) is 0 Å². The summed E-state index contributed by atoms with van der Waals surface area (Å²) >= 11 is 0. The van der Waals surface area contributed by atoms with Gasteiger partial charge in [-0.2, -0.15) is 0 Å². The molecule has 0 aromatic heterocycles. The first-order valence-corrected chi connectivity index (χ1v) is 10.5. The maximum Gasteiger partial charge on any atom is 0.261 e. The van der Waals surface area contributed by atoms with Crippen LogP contribution in [0.25, 0.3) is 0 Å². The highest BCUT2D eigenvalue weighted by atomic mass is 16.5. The Morgan fingerprint density at radius 2 is 1.74 bits per heavy atom. The van der Waals surface area contributed by atoms with Crippen LogP contribution >= 0.6 is 0 Å². The van der Waals surface area contributed by atoms with Gasteiger partial charge in [-0.05, 0) is 48.7 Å². The van der Waals surface area contributed by atoms with Gasteiger partial charge in [0.2, 0.25) is 0 Å². The predicted octanol–water partition coefficient (Wildman–Crippen LogP) is 2.80. The lowest BCUT2D eigenvalue weighted by Crippen LogP contribution is -2.36. The fourth-order valence-corrected chi connectivity index (χ4v) is 4.05. The summed E-state index contributed by atoms with van der Waals surface area (Å²) in [7, 11) is 5.69. The molecule has 1 unspecified atom stereocenters. The van der Waals surface area contributed by atoms with Crippen LogP contribution in [0.3, 0.4) is 0 Å². The third kappa shape index (κ3) is 4.18. The van der Waals surface area contributed by atoms with Crippen molar-refractivity contribution >= 4 is 23.4 Å². The van der Waals surface area contributed by atoms with E-state index in [0.717, 1.165) is 24.1 Å². The molecular weight excluding hydrogens is 394 g/mol. The molecule has 7 heteroatoms. The standard InChI is InChI=1S/C24H27N3O4/c1-25(2)18-9-6-16(7-10-18)14-26(3)22(28)17-8-11-20-21(13-17)24(30)27(23(20)29)15-19-5-4-12-31-19/h6-11,13,19H,4-5,12,14-15H2,1-3H3. The highest BCUT2D eigenvalue weighted by Crippen LogP contribution is 2.26. The molecule has 2 aromatic carbocycles. The number of carbonyl (C=O) groups excluding carboxylic acids is 3. The van der Waals surface area contributed by atoms with Crippen LogP contribution in [0.4, 0.5) is 5.69 Å². The molecule has 0 bridgehead atoms. The molecule has 7 nitrogen and oxygen atoms in total. The summed E-state index contributed by atoms with van der Waals surface area (Å²) in [5, 5.41) is 0. The van der Waals surface area contributed by atoms with Gasteiger partial charge in [-0.3, -0.25) is 19.3 Å². The Kier molecular flexibility index (Phi) is 5.78. The summed E-state index contributed by atoms with van der Waals surface area (Å²) in [6.07, 6.45) is 1.68. The number of fused-ring (bicyclic) bond motifs is 1. The van der Waals surface area contributed by atoms with Crippen molar-refractivity contribution < 1.29 is 19.1 Å². The highest BCUT2D eigenvalue weighted by Gasteiger charge is 2.38. The smallest absolute Gasteiger partial charge is 0.261 e. The van der Waals surface area contributed by atoms with Crippen molar-refractivity contribution in [1.29, 1.82) is 0 Å². The third-order valence-corrected chi connectivity index (χ3v) is 5.85. The van der Waals surface area contributed by atoms with Crippen LogP contribution in [0.1, 0.15) is 49.5 Å². The maximum atomic E-state index is 13.0. The van der Waals surface area contributed by atoms with Gasteiger partial charge in [0.1, 0.15) is 0 Å². The van der Waals surface area contributed by atoms with E-state index >= 15 is 0 Å². The molecular formula is C24H27N3O4. The Balaban J connectivity index is 1.47. The fraction of sp³-hybridized carbons (Fsp3) is 0.375. The number of hydrogen-bond donors (Lipinski definition) is 0. The van der Waals surface area contributed by atoms with E-state index in [-0.39, 0.29) is 35.9 Å². The lowest BCUT2D eigenvalue weighted by molar-refractivity contribution is 0.0475. The van der Waals surface area contributed by atoms with Crippen molar-refractivity contribution in [2.24, 2.45) is 0 Å². The molecule has 31 heavy (non-hydrogen) atoms. The number of nitrogens with zero attached hydrogens (tertiary/aromatic N) is 3. The lowest BCUT2D eigenvalue weighted by Gasteiger charge is -2.19. The van der Waals surface area contributed by atoms with Crippen molar-refractivity contribution in [1.82, 2.24) is 9.80 Å². The van der Waals surface area contributed by atoms with Crippen molar-refractivity contribution in [2.75, 3.05) is 39.2 Å². The molecule has 1 fully saturated rings. The Labute approximate surface area is 182 Å². The minimum atomic E-state index is -0.355. The molecule has 2 aliphatic heterocycles. The van der Waals surface area contributed by atoms with E-state index in [1.165, 1.54) is 4.90 Å². The van der Waals surface area contributed by atoms with Gasteiger partial charge in [0, 0.05) is 45.5 Å². The number of hydrogen-bond acceptors (Lipinski definition) is 5. The average molecular weight is 421 g/mol. The number of carbonyl (C=O) groups is 3. The van der Waals surface area contributed by atoms with Gasteiger partial charge >= 0.3 is 0 Å². The molecule has 0 spiro atoms. The van der Waals surface area contributed by atoms with E-state index in [1.807, 2.05) is 43.3 Å². The lowest BCUT2D eigenvalue weighted by atomic mass is 10.0. The zero-order valence-electron chi connectivity index (χ0n) is 18.1. The van der Waals surface area contributed by atoms with Crippen LogP contribution in [0.2, 0.25) is 0 Å². The first-order valence-electron chi connectivity index (χ1n) is 10.5. The summed E-state index contributed by atoms with van der Waals surface area (Å²) in [4.78, 5) is 43.3. The molecule has 2 aromatic rings. The molecule has 2 heterocycles. The summed E-state index contributed by atoms with van der Waals surface area (Å²) in [6, 6.07) is 12.7. The van der Waals surface area contributed by atoms with Crippen LogP contribution < -0.4 is 4.90 Å². The zero-order chi connectivity index (χ0) is 22.1. The quantitative estimate of drug-likeness (QED) is 0.671. The van der Waals surface area contributed by atoms with Crippen molar-refractivity contribution in [2.45, 2.75) is 25.5 Å². The molecule has 4 rings (SSSR count). The number of anilines is 1. The predicted molar refractivity (Wildman–Crippen MR) is 117 cm³/mol. The molecule has 1 saturated heterocycles. The van der Waals surface area contributed by atoms with E-state index in [9.17, 15) is 14.4 Å². The monoisotopic (exact) mass is 421 g/mol. The maximum absolute atomic E-state index is 13.0. The summed E-state index contributed by atoms with van der Waals surface area (Å²) < 4.78 is 5.57. The van der Waals surface area contributed by atoms with Gasteiger partial charge < -0.3 is 14.5 Å². The van der Waals surface area contributed by atoms with E-state index < -0.39 is 0 Å². The summed E-state index contributed by atoms with van der Waals surface area (Å²) in [6.45, 7) is 1.37. The first kappa shape index (κ1) is 21.1. The van der Waals surface area contributed by atoms with Crippen LogP contribution in [0, 0.1) is 0 Å². The SMILES string of the molecule is CN(Cc1ccc(N(C)C)cc1)C(=O)c1ccc2c(c1)C(=O)N(CC1CCCO1)C2=O. The molecule has 0 radical (unpaired) electrons. The minimum Gasteiger partial charge on any atom is -0.378 e. The number of rotatable bonds is 6. The van der Waals surface area contributed by atoms with Crippen LogP contribution in [-0.2, 0) is 11.3 Å². The van der Waals surface area contributed by atoms with Gasteiger partial charge in [-0.1, -0.05) is 12.1 Å². The van der Waals surface area contributed by atoms with Gasteiger partial charge in [-0.15, -0.1) is 0 Å². The topological polar surface area (TPSA) is 70.2 Å². The second kappa shape index (κ2) is 8.51. The minimum absolute atomic E-state index is 0.103. The molecule has 0 aliphatic carbocycles. The molecule has 0 saturated carbocycles. The Hall–Kier alpha value is -3.19. The van der Waals surface area contributed by atoms with Gasteiger partial charge in [0.15, 0.2) is 0 Å². The number of benzene rings is 2. The van der Waals surface area contributed by atoms with Crippen LogP contribution in [0.15, 0.2) is 42.5 Å². The number of imide groups is 1. The molecule has 3 amide bonds. The largest absolute Gasteiger partial charge is 0.378 e. The molecule has 2 aliphatic rings. The van der Waals surface area contributed by atoms with Crippen molar-refractivity contribution in [3.8, 4) is 0 Å². The van der Waals surface area contributed by atoms with E-state index in [4.69, 9.17) is 4.74 Å². The zero-order valence-corrected chi connectivity index (χ0v) is 18.1. The molecule has 1 atom stereocenters. The van der Waals surface area contributed by atoms with Crippen LogP contribution in [-0.4, -0.2) is 67.9 Å². The first-order chi connectivity index (χ1) is 14.8. The summed E-state index contributed by atoms with van der Waals surface area (Å²) in [5.41, 5.74) is 3.13. The van der Waals surface area contributed by atoms with E-state index in [0.29, 0.717) is 24.3 Å². The molecule has 0 N–H and O–H groups in total. The number of ether oxygens (including phenoxy) is 1. The van der Waals surface area contributed by atoms with Gasteiger partial charge in [0.25, 0.3) is 17.7 Å². The van der Waals surface area contributed by atoms with Gasteiger partial charge in [0.05, 0.1) is 23.8 Å². The van der Waals surface area contributed by atoms with E-state index in [1.54, 1.807) is 30.1 Å². The van der Waals surface area contributed by atoms with Crippen molar-refractivity contribution in [3.63, 3.8) is 0 Å². The normalized spacial score (nSPS) is 17.8. The fourth-order valence-electron chi connectivity index (χ4n) is 4.05. The third-order valence-electron chi connectivity index (χ3n) is 5.85. The Morgan fingerprint density at radius 3 is 2.39 bits per heavy atom. The van der Waals surface area contributed by atoms with Crippen molar-refractivity contribution in [3.05, 3.63) is 64.7 Å². The Bertz CT molecular complexity index is 1010.